The molecule has 0 saturated heterocycles. The fourth-order valence-corrected chi connectivity index (χ4v) is 4.18. The maximum absolute atomic E-state index is 12.7. The van der Waals surface area contributed by atoms with Crippen LogP contribution in [0.2, 0.25) is 0 Å². The lowest BCUT2D eigenvalue weighted by Crippen LogP contribution is -2.37. The number of fused-ring (bicyclic) bond motifs is 2. The Balaban J connectivity index is 1.71. The topological polar surface area (TPSA) is 64.6 Å². The summed E-state index contributed by atoms with van der Waals surface area (Å²) in [6.07, 6.45) is 4.73. The highest BCUT2D eigenvalue weighted by atomic mass is 16.5. The fourth-order valence-electron chi connectivity index (χ4n) is 4.18. The molecular weight excluding hydrogens is 306 g/mol. The minimum atomic E-state index is -0.366. The van der Waals surface area contributed by atoms with Crippen molar-refractivity contribution in [2.45, 2.75) is 38.1 Å². The zero-order valence-electron chi connectivity index (χ0n) is 14.3. The molecule has 24 heavy (non-hydrogen) atoms. The molecular formula is C19H25NO4. The Morgan fingerprint density at radius 2 is 1.92 bits per heavy atom. The molecule has 2 fully saturated rings. The Labute approximate surface area is 142 Å². The van der Waals surface area contributed by atoms with Gasteiger partial charge in [0.15, 0.2) is 0 Å². The van der Waals surface area contributed by atoms with Crippen LogP contribution in [0, 0.1) is 17.8 Å². The van der Waals surface area contributed by atoms with E-state index in [-0.39, 0.29) is 30.3 Å². The van der Waals surface area contributed by atoms with Crippen LogP contribution in [0.5, 0.6) is 5.75 Å². The molecule has 2 aliphatic carbocycles. The van der Waals surface area contributed by atoms with Crippen molar-refractivity contribution in [3.05, 3.63) is 29.8 Å². The number of hydrogen-bond donors (Lipinski definition) is 1. The van der Waals surface area contributed by atoms with Gasteiger partial charge in [-0.3, -0.25) is 9.59 Å². The van der Waals surface area contributed by atoms with Crippen LogP contribution in [0.4, 0.5) is 0 Å². The van der Waals surface area contributed by atoms with Gasteiger partial charge in [-0.15, -0.1) is 0 Å². The molecule has 2 saturated carbocycles. The van der Waals surface area contributed by atoms with Crippen LogP contribution in [-0.2, 0) is 14.3 Å². The largest absolute Gasteiger partial charge is 0.497 e. The van der Waals surface area contributed by atoms with E-state index in [1.54, 1.807) is 7.11 Å². The van der Waals surface area contributed by atoms with Crippen molar-refractivity contribution in [2.24, 2.45) is 17.8 Å². The highest BCUT2D eigenvalue weighted by Gasteiger charge is 2.43. The number of carbonyl (C=O) groups excluding carboxylic acids is 2. The van der Waals surface area contributed by atoms with E-state index in [0.29, 0.717) is 11.8 Å². The van der Waals surface area contributed by atoms with Gasteiger partial charge in [-0.05, 0) is 48.8 Å². The third kappa shape index (κ3) is 3.55. The van der Waals surface area contributed by atoms with Crippen LogP contribution in [-0.4, -0.2) is 26.1 Å². The average Bonchev–Trinajstić information content (AvgIpc) is 3.24. The predicted octanol–water partition coefficient (Wildman–Crippen LogP) is 2.85. The summed E-state index contributed by atoms with van der Waals surface area (Å²) in [6.45, 7) is 0. The van der Waals surface area contributed by atoms with Crippen molar-refractivity contribution in [1.29, 1.82) is 0 Å². The summed E-state index contributed by atoms with van der Waals surface area (Å²) < 4.78 is 9.96. The first-order valence-electron chi connectivity index (χ1n) is 8.62. The minimum Gasteiger partial charge on any atom is -0.497 e. The maximum atomic E-state index is 12.7. The zero-order chi connectivity index (χ0) is 17.1. The first-order chi connectivity index (χ1) is 11.6. The van der Waals surface area contributed by atoms with E-state index < -0.39 is 0 Å². The minimum absolute atomic E-state index is 0.0759. The first kappa shape index (κ1) is 16.8. The Bertz CT molecular complexity index is 598. The van der Waals surface area contributed by atoms with E-state index in [1.165, 1.54) is 20.0 Å². The van der Waals surface area contributed by atoms with Gasteiger partial charge in [-0.1, -0.05) is 18.6 Å². The van der Waals surface area contributed by atoms with Gasteiger partial charge in [0.25, 0.3) is 0 Å². The Morgan fingerprint density at radius 1 is 1.17 bits per heavy atom. The molecule has 2 aliphatic rings. The molecule has 4 atom stereocenters. The van der Waals surface area contributed by atoms with Crippen LogP contribution in [0.3, 0.4) is 0 Å². The van der Waals surface area contributed by atoms with Gasteiger partial charge >= 0.3 is 5.97 Å². The third-order valence-electron chi connectivity index (χ3n) is 5.51. The van der Waals surface area contributed by atoms with Crippen molar-refractivity contribution < 1.29 is 19.1 Å². The van der Waals surface area contributed by atoms with Gasteiger partial charge in [0.05, 0.1) is 26.7 Å². The molecule has 1 aromatic carbocycles. The van der Waals surface area contributed by atoms with E-state index >= 15 is 0 Å². The van der Waals surface area contributed by atoms with E-state index in [4.69, 9.17) is 9.47 Å². The maximum Gasteiger partial charge on any atom is 0.307 e. The van der Waals surface area contributed by atoms with Gasteiger partial charge in [0.1, 0.15) is 5.75 Å². The lowest BCUT2D eigenvalue weighted by atomic mass is 9.87. The van der Waals surface area contributed by atoms with E-state index in [0.717, 1.165) is 24.2 Å². The molecule has 130 valence electrons. The summed E-state index contributed by atoms with van der Waals surface area (Å²) in [5, 5.41) is 3.08. The van der Waals surface area contributed by atoms with Crippen LogP contribution < -0.4 is 10.1 Å². The molecule has 5 nitrogen and oxygen atoms in total. The number of nitrogens with one attached hydrogen (secondary N) is 1. The predicted molar refractivity (Wildman–Crippen MR) is 89.4 cm³/mol. The van der Waals surface area contributed by atoms with Crippen molar-refractivity contribution in [3.8, 4) is 5.75 Å². The second-order valence-corrected chi connectivity index (χ2v) is 6.90. The molecule has 0 radical (unpaired) electrons. The highest BCUT2D eigenvalue weighted by molar-refractivity contribution is 5.81. The molecule has 4 unspecified atom stereocenters. The second kappa shape index (κ2) is 7.24. The Morgan fingerprint density at radius 3 is 2.46 bits per heavy atom. The quantitative estimate of drug-likeness (QED) is 0.814. The number of ether oxygens (including phenoxy) is 2. The molecule has 1 amide bonds. The smallest absolute Gasteiger partial charge is 0.307 e. The van der Waals surface area contributed by atoms with Gasteiger partial charge in [-0.2, -0.15) is 0 Å². The highest BCUT2D eigenvalue weighted by Crippen LogP contribution is 2.48. The number of amides is 1. The van der Waals surface area contributed by atoms with Crippen molar-refractivity contribution in [2.75, 3.05) is 14.2 Å². The molecule has 2 bridgehead atoms. The van der Waals surface area contributed by atoms with Gasteiger partial charge in [-0.25, -0.2) is 0 Å². The lowest BCUT2D eigenvalue weighted by Gasteiger charge is -2.25. The van der Waals surface area contributed by atoms with Crippen molar-refractivity contribution in [1.82, 2.24) is 5.32 Å². The summed E-state index contributed by atoms with van der Waals surface area (Å²) in [6, 6.07) is 7.07. The monoisotopic (exact) mass is 331 g/mol. The number of methoxy groups -OCH3 is 2. The lowest BCUT2D eigenvalue weighted by molar-refractivity contribution is -0.141. The van der Waals surface area contributed by atoms with Gasteiger partial charge in [0, 0.05) is 5.92 Å². The molecule has 1 aromatic rings. The molecule has 0 spiro atoms. The number of carbonyl (C=O) groups is 2. The van der Waals surface area contributed by atoms with Crippen LogP contribution in [0.25, 0.3) is 0 Å². The fraction of sp³-hybridized carbons (Fsp3) is 0.579. The number of benzene rings is 1. The molecule has 0 heterocycles. The molecule has 3 rings (SSSR count). The number of esters is 1. The van der Waals surface area contributed by atoms with Gasteiger partial charge < -0.3 is 14.8 Å². The average molecular weight is 331 g/mol. The number of hydrogen-bond acceptors (Lipinski definition) is 4. The van der Waals surface area contributed by atoms with E-state index in [2.05, 4.69) is 5.32 Å². The van der Waals surface area contributed by atoms with Crippen LogP contribution in [0.1, 0.15) is 43.7 Å². The zero-order valence-corrected chi connectivity index (χ0v) is 14.3. The molecule has 1 N–H and O–H groups in total. The van der Waals surface area contributed by atoms with Gasteiger partial charge in [0.2, 0.25) is 5.91 Å². The molecule has 0 aromatic heterocycles. The normalized spacial score (nSPS) is 26.0. The third-order valence-corrected chi connectivity index (χ3v) is 5.51. The first-order valence-corrected chi connectivity index (χ1v) is 8.62. The molecule has 5 heteroatoms. The SMILES string of the molecule is COC(=O)CC(NC(=O)C1CC2CCC1C2)c1ccc(OC)cc1. The summed E-state index contributed by atoms with van der Waals surface area (Å²) >= 11 is 0. The Kier molecular flexibility index (Phi) is 5.07. The van der Waals surface area contributed by atoms with Crippen LogP contribution in [0.15, 0.2) is 24.3 Å². The van der Waals surface area contributed by atoms with Crippen LogP contribution >= 0.6 is 0 Å². The van der Waals surface area contributed by atoms with Crippen molar-refractivity contribution >= 4 is 11.9 Å². The second-order valence-electron chi connectivity index (χ2n) is 6.90. The van der Waals surface area contributed by atoms with E-state index in [1.807, 2.05) is 24.3 Å². The summed E-state index contributed by atoms with van der Waals surface area (Å²) in [4.78, 5) is 24.5. The molecule has 0 aliphatic heterocycles. The summed E-state index contributed by atoms with van der Waals surface area (Å²) in [7, 11) is 2.98. The van der Waals surface area contributed by atoms with E-state index in [9.17, 15) is 9.59 Å². The standard InChI is InChI=1S/C19H25NO4/c1-23-15-7-5-13(6-8-15)17(11-18(21)24-2)20-19(22)16-10-12-3-4-14(16)9-12/h5-8,12,14,16-17H,3-4,9-11H2,1-2H3,(H,20,22). The number of rotatable bonds is 6. The summed E-state index contributed by atoms with van der Waals surface area (Å²) in [5.41, 5.74) is 0.887. The summed E-state index contributed by atoms with van der Waals surface area (Å²) in [5.74, 6) is 1.82. The Hall–Kier alpha value is -2.04. The van der Waals surface area contributed by atoms with Crippen molar-refractivity contribution in [3.63, 3.8) is 0 Å².